The van der Waals surface area contributed by atoms with Crippen molar-refractivity contribution in [2.75, 3.05) is 0 Å². The van der Waals surface area contributed by atoms with Gasteiger partial charge < -0.3 is 5.32 Å². The Morgan fingerprint density at radius 1 is 1.29 bits per heavy atom. The van der Waals surface area contributed by atoms with Crippen LogP contribution in [0.1, 0.15) is 25.6 Å². The zero-order chi connectivity index (χ0) is 12.3. The van der Waals surface area contributed by atoms with Gasteiger partial charge in [0.1, 0.15) is 11.4 Å². The summed E-state index contributed by atoms with van der Waals surface area (Å²) >= 11 is 1.39. The number of hydrogen-bond acceptors (Lipinski definition) is 6. The minimum absolute atomic E-state index is 0.0730. The van der Waals surface area contributed by atoms with E-state index in [1.165, 1.54) is 11.5 Å². The van der Waals surface area contributed by atoms with Crippen molar-refractivity contribution in [1.82, 2.24) is 24.9 Å². The minimum atomic E-state index is 0.0730. The molecule has 0 atom stereocenters. The Kier molecular flexibility index (Phi) is 3.44. The van der Waals surface area contributed by atoms with Crippen molar-refractivity contribution in [3.8, 4) is 11.4 Å². The first-order chi connectivity index (χ1) is 8.06. The van der Waals surface area contributed by atoms with Gasteiger partial charge in [0.05, 0.1) is 11.1 Å². The normalized spacial score (nSPS) is 11.7. The fourth-order valence-corrected chi connectivity index (χ4v) is 1.88. The van der Waals surface area contributed by atoms with Gasteiger partial charge in [0.2, 0.25) is 0 Å². The molecule has 17 heavy (non-hydrogen) atoms. The molecule has 0 fully saturated rings. The maximum absolute atomic E-state index is 4.24. The minimum Gasteiger partial charge on any atom is -0.307 e. The summed E-state index contributed by atoms with van der Waals surface area (Å²) in [7, 11) is 0. The van der Waals surface area contributed by atoms with E-state index in [0.717, 1.165) is 22.8 Å². The van der Waals surface area contributed by atoms with Gasteiger partial charge >= 0.3 is 0 Å². The predicted molar refractivity (Wildman–Crippen MR) is 67.5 cm³/mol. The van der Waals surface area contributed by atoms with E-state index >= 15 is 0 Å². The van der Waals surface area contributed by atoms with Crippen molar-refractivity contribution in [2.45, 2.75) is 32.9 Å². The Balaban J connectivity index is 2.18. The lowest BCUT2D eigenvalue weighted by atomic mass is 10.1. The molecule has 0 unspecified atom stereocenters. The molecule has 0 saturated heterocycles. The number of hydrogen-bond donors (Lipinski definition) is 1. The molecule has 2 rings (SSSR count). The summed E-state index contributed by atoms with van der Waals surface area (Å²) < 4.78 is 3.98. The Bertz CT molecular complexity index is 474. The standard InChI is InChI=1S/C11H15N5S/c1-11(2,3)14-7-9-10(15-16-17-9)8-6-12-4-5-13-8/h4-6,14H,7H2,1-3H3. The first-order valence-corrected chi connectivity index (χ1v) is 6.16. The van der Waals surface area contributed by atoms with Crippen molar-refractivity contribution in [3.63, 3.8) is 0 Å². The summed E-state index contributed by atoms with van der Waals surface area (Å²) in [6, 6.07) is 0. The van der Waals surface area contributed by atoms with Crippen molar-refractivity contribution in [3.05, 3.63) is 23.5 Å². The van der Waals surface area contributed by atoms with Crippen LogP contribution >= 0.6 is 11.5 Å². The molecule has 90 valence electrons. The molecule has 0 spiro atoms. The fraction of sp³-hybridized carbons (Fsp3) is 0.455. The maximum Gasteiger partial charge on any atom is 0.130 e. The average Bonchev–Trinajstić information content (AvgIpc) is 2.75. The molecule has 0 aliphatic rings. The average molecular weight is 249 g/mol. The smallest absolute Gasteiger partial charge is 0.130 e. The van der Waals surface area contributed by atoms with Crippen LogP contribution in [0, 0.1) is 0 Å². The molecule has 0 amide bonds. The van der Waals surface area contributed by atoms with Crippen LogP contribution in [0.4, 0.5) is 0 Å². The van der Waals surface area contributed by atoms with Gasteiger partial charge in [-0.25, -0.2) is 0 Å². The van der Waals surface area contributed by atoms with E-state index in [9.17, 15) is 0 Å². The number of nitrogens with one attached hydrogen (secondary N) is 1. The highest BCUT2D eigenvalue weighted by Gasteiger charge is 2.15. The quantitative estimate of drug-likeness (QED) is 0.900. The molecule has 5 nitrogen and oxygen atoms in total. The van der Waals surface area contributed by atoms with E-state index in [2.05, 4.69) is 45.6 Å². The third kappa shape index (κ3) is 3.28. The van der Waals surface area contributed by atoms with Crippen LogP contribution in [0.2, 0.25) is 0 Å². The van der Waals surface area contributed by atoms with Crippen LogP contribution in [0.25, 0.3) is 11.4 Å². The highest BCUT2D eigenvalue weighted by Crippen LogP contribution is 2.21. The lowest BCUT2D eigenvalue weighted by Crippen LogP contribution is -2.34. The molecular formula is C11H15N5S. The topological polar surface area (TPSA) is 63.6 Å². The number of aromatic nitrogens is 4. The van der Waals surface area contributed by atoms with Crippen molar-refractivity contribution in [1.29, 1.82) is 0 Å². The van der Waals surface area contributed by atoms with Gasteiger partial charge in [-0.05, 0) is 32.3 Å². The molecular weight excluding hydrogens is 234 g/mol. The zero-order valence-corrected chi connectivity index (χ0v) is 11.0. The summed E-state index contributed by atoms with van der Waals surface area (Å²) in [4.78, 5) is 9.37. The van der Waals surface area contributed by atoms with Gasteiger partial charge in [0.15, 0.2) is 0 Å². The number of nitrogens with zero attached hydrogens (tertiary/aromatic N) is 4. The second-order valence-corrected chi connectivity index (χ2v) is 5.58. The molecule has 0 radical (unpaired) electrons. The van der Waals surface area contributed by atoms with Gasteiger partial charge in [-0.2, -0.15) is 0 Å². The Hall–Kier alpha value is -1.40. The van der Waals surface area contributed by atoms with Gasteiger partial charge in [-0.3, -0.25) is 9.97 Å². The third-order valence-electron chi connectivity index (χ3n) is 2.14. The molecule has 1 N–H and O–H groups in total. The van der Waals surface area contributed by atoms with Gasteiger partial charge in [0.25, 0.3) is 0 Å². The summed E-state index contributed by atoms with van der Waals surface area (Å²) in [5.41, 5.74) is 1.66. The monoisotopic (exact) mass is 249 g/mol. The van der Waals surface area contributed by atoms with E-state index < -0.39 is 0 Å². The maximum atomic E-state index is 4.24. The molecule has 0 aliphatic heterocycles. The molecule has 0 saturated carbocycles. The first-order valence-electron chi connectivity index (χ1n) is 5.39. The fourth-order valence-electron chi connectivity index (χ4n) is 1.29. The molecule has 2 aromatic heterocycles. The van der Waals surface area contributed by atoms with Crippen LogP contribution in [0.5, 0.6) is 0 Å². The predicted octanol–water partition coefficient (Wildman–Crippen LogP) is 1.88. The van der Waals surface area contributed by atoms with E-state index in [-0.39, 0.29) is 5.54 Å². The van der Waals surface area contributed by atoms with Gasteiger partial charge in [0, 0.05) is 24.5 Å². The highest BCUT2D eigenvalue weighted by molar-refractivity contribution is 7.05. The lowest BCUT2D eigenvalue weighted by Gasteiger charge is -2.19. The highest BCUT2D eigenvalue weighted by atomic mass is 32.1. The Morgan fingerprint density at radius 2 is 2.12 bits per heavy atom. The molecule has 2 aromatic rings. The van der Waals surface area contributed by atoms with Crippen LogP contribution < -0.4 is 5.32 Å². The van der Waals surface area contributed by atoms with Crippen LogP contribution in [-0.4, -0.2) is 25.1 Å². The summed E-state index contributed by atoms with van der Waals surface area (Å²) in [6.45, 7) is 7.13. The van der Waals surface area contributed by atoms with Gasteiger partial charge in [-0.15, -0.1) is 5.10 Å². The lowest BCUT2D eigenvalue weighted by molar-refractivity contribution is 0.426. The van der Waals surface area contributed by atoms with Gasteiger partial charge in [-0.1, -0.05) is 4.49 Å². The molecule has 0 bridgehead atoms. The molecule has 0 aliphatic carbocycles. The van der Waals surface area contributed by atoms with E-state index in [4.69, 9.17) is 0 Å². The summed E-state index contributed by atoms with van der Waals surface area (Å²) in [5.74, 6) is 0. The molecule has 0 aromatic carbocycles. The zero-order valence-electron chi connectivity index (χ0n) is 10.1. The second-order valence-electron chi connectivity index (χ2n) is 4.74. The number of rotatable bonds is 3. The Morgan fingerprint density at radius 3 is 2.76 bits per heavy atom. The van der Waals surface area contributed by atoms with Crippen LogP contribution in [0.15, 0.2) is 18.6 Å². The van der Waals surface area contributed by atoms with Crippen LogP contribution in [-0.2, 0) is 6.54 Å². The van der Waals surface area contributed by atoms with Crippen molar-refractivity contribution >= 4 is 11.5 Å². The van der Waals surface area contributed by atoms with Crippen LogP contribution in [0.3, 0.4) is 0 Å². The SMILES string of the molecule is CC(C)(C)NCc1snnc1-c1cnccn1. The molecule has 2 heterocycles. The van der Waals surface area contributed by atoms with Crippen molar-refractivity contribution < 1.29 is 0 Å². The van der Waals surface area contributed by atoms with E-state index in [1.54, 1.807) is 18.6 Å². The van der Waals surface area contributed by atoms with E-state index in [1.807, 2.05) is 0 Å². The largest absolute Gasteiger partial charge is 0.307 e. The Labute approximate surface area is 104 Å². The second kappa shape index (κ2) is 4.85. The summed E-state index contributed by atoms with van der Waals surface area (Å²) in [5, 5.41) is 7.53. The molecule has 6 heteroatoms. The van der Waals surface area contributed by atoms with Crippen molar-refractivity contribution in [2.24, 2.45) is 0 Å². The first kappa shape index (κ1) is 12.1. The van der Waals surface area contributed by atoms with E-state index in [0.29, 0.717) is 0 Å². The third-order valence-corrected chi connectivity index (χ3v) is 2.86. The summed E-state index contributed by atoms with van der Waals surface area (Å²) in [6.07, 6.45) is 5.02.